The van der Waals surface area contributed by atoms with Gasteiger partial charge in [0.25, 0.3) is 0 Å². The number of rotatable bonds is 0. The SMILES string of the molecule is N[C@H]1CCc2c1[nH]c1ccccc21. The number of aromatic nitrogens is 1. The minimum Gasteiger partial charge on any atom is -0.357 e. The predicted molar refractivity (Wildman–Crippen MR) is 53.5 cm³/mol. The number of hydrogen-bond donors (Lipinski definition) is 2. The van der Waals surface area contributed by atoms with Crippen LogP contribution in [0.5, 0.6) is 0 Å². The van der Waals surface area contributed by atoms with Gasteiger partial charge in [-0.15, -0.1) is 0 Å². The first kappa shape index (κ1) is 7.15. The molecule has 0 bridgehead atoms. The van der Waals surface area contributed by atoms with Gasteiger partial charge in [0.1, 0.15) is 0 Å². The van der Waals surface area contributed by atoms with E-state index in [9.17, 15) is 0 Å². The van der Waals surface area contributed by atoms with Crippen molar-refractivity contribution in [3.8, 4) is 0 Å². The zero-order valence-corrected chi connectivity index (χ0v) is 7.38. The van der Waals surface area contributed by atoms with E-state index in [4.69, 9.17) is 5.73 Å². The molecule has 0 saturated heterocycles. The zero-order valence-electron chi connectivity index (χ0n) is 7.38. The van der Waals surface area contributed by atoms with Gasteiger partial charge in [0, 0.05) is 22.6 Å². The molecule has 0 radical (unpaired) electrons. The van der Waals surface area contributed by atoms with Crippen molar-refractivity contribution in [3.05, 3.63) is 35.5 Å². The molecule has 0 amide bonds. The lowest BCUT2D eigenvalue weighted by atomic mass is 10.1. The Morgan fingerprint density at radius 2 is 2.15 bits per heavy atom. The topological polar surface area (TPSA) is 41.8 Å². The minimum atomic E-state index is 0.224. The van der Waals surface area contributed by atoms with Gasteiger partial charge in [-0.3, -0.25) is 0 Å². The first-order chi connectivity index (χ1) is 6.36. The molecule has 2 aromatic rings. The molecule has 1 aliphatic rings. The molecule has 0 spiro atoms. The molecular formula is C11H12N2. The van der Waals surface area contributed by atoms with Crippen LogP contribution in [0.15, 0.2) is 24.3 Å². The number of benzene rings is 1. The van der Waals surface area contributed by atoms with Crippen molar-refractivity contribution in [2.24, 2.45) is 5.73 Å². The molecule has 13 heavy (non-hydrogen) atoms. The van der Waals surface area contributed by atoms with Crippen molar-refractivity contribution in [2.75, 3.05) is 0 Å². The van der Waals surface area contributed by atoms with Crippen molar-refractivity contribution in [1.29, 1.82) is 0 Å². The Hall–Kier alpha value is -1.28. The number of nitrogens with two attached hydrogens (primary N) is 1. The molecule has 0 aliphatic heterocycles. The average molecular weight is 172 g/mol. The number of para-hydroxylation sites is 1. The normalized spacial score (nSPS) is 20.8. The smallest absolute Gasteiger partial charge is 0.0459 e. The highest BCUT2D eigenvalue weighted by Gasteiger charge is 2.22. The fourth-order valence-electron chi connectivity index (χ4n) is 2.25. The van der Waals surface area contributed by atoms with E-state index >= 15 is 0 Å². The standard InChI is InChI=1S/C11H12N2/c12-9-6-5-8-7-3-1-2-4-10(7)13-11(8)9/h1-4,9,13H,5-6,12H2/t9-/m0/s1. The summed E-state index contributed by atoms with van der Waals surface area (Å²) in [6.07, 6.45) is 2.21. The summed E-state index contributed by atoms with van der Waals surface area (Å²) in [6, 6.07) is 8.64. The van der Waals surface area contributed by atoms with Gasteiger partial charge in [-0.2, -0.15) is 0 Å². The summed E-state index contributed by atoms with van der Waals surface area (Å²) in [7, 11) is 0. The molecule has 3 N–H and O–H groups in total. The summed E-state index contributed by atoms with van der Waals surface area (Å²) in [5.41, 5.74) is 9.89. The average Bonchev–Trinajstić information content (AvgIpc) is 2.67. The molecule has 1 heterocycles. The van der Waals surface area contributed by atoms with E-state index in [-0.39, 0.29) is 6.04 Å². The van der Waals surface area contributed by atoms with Crippen LogP contribution in [0.4, 0.5) is 0 Å². The third kappa shape index (κ3) is 0.864. The lowest BCUT2D eigenvalue weighted by molar-refractivity contribution is 0.699. The summed E-state index contributed by atoms with van der Waals surface area (Å²) in [6.45, 7) is 0. The van der Waals surface area contributed by atoms with Crippen LogP contribution in [0.25, 0.3) is 10.9 Å². The number of fused-ring (bicyclic) bond motifs is 3. The molecule has 66 valence electrons. The Labute approximate surface area is 76.8 Å². The summed E-state index contributed by atoms with van der Waals surface area (Å²) in [5.74, 6) is 0. The van der Waals surface area contributed by atoms with Gasteiger partial charge in [-0.25, -0.2) is 0 Å². The molecule has 3 rings (SSSR count). The van der Waals surface area contributed by atoms with Crippen LogP contribution in [0.3, 0.4) is 0 Å². The Morgan fingerprint density at radius 3 is 3.08 bits per heavy atom. The molecule has 1 aliphatic carbocycles. The molecule has 2 heteroatoms. The van der Waals surface area contributed by atoms with Gasteiger partial charge in [-0.05, 0) is 24.5 Å². The predicted octanol–water partition coefficient (Wildman–Crippen LogP) is 2.11. The fourth-order valence-corrected chi connectivity index (χ4v) is 2.25. The van der Waals surface area contributed by atoms with Gasteiger partial charge in [0.05, 0.1) is 0 Å². The Morgan fingerprint density at radius 1 is 1.31 bits per heavy atom. The lowest BCUT2D eigenvalue weighted by Crippen LogP contribution is -2.05. The Bertz CT molecular complexity index is 456. The summed E-state index contributed by atoms with van der Waals surface area (Å²) >= 11 is 0. The number of aromatic amines is 1. The van der Waals surface area contributed by atoms with Gasteiger partial charge < -0.3 is 10.7 Å². The molecule has 2 nitrogen and oxygen atoms in total. The highest BCUT2D eigenvalue weighted by atomic mass is 14.8. The molecule has 1 aromatic heterocycles. The monoisotopic (exact) mass is 172 g/mol. The van der Waals surface area contributed by atoms with Gasteiger partial charge >= 0.3 is 0 Å². The van der Waals surface area contributed by atoms with E-state index in [0.717, 1.165) is 12.8 Å². The van der Waals surface area contributed by atoms with Crippen LogP contribution < -0.4 is 5.73 Å². The fraction of sp³-hybridized carbons (Fsp3) is 0.273. The van der Waals surface area contributed by atoms with E-state index in [1.54, 1.807) is 0 Å². The maximum Gasteiger partial charge on any atom is 0.0459 e. The molecule has 0 fully saturated rings. The van der Waals surface area contributed by atoms with E-state index in [1.165, 1.54) is 22.2 Å². The second kappa shape index (κ2) is 2.36. The summed E-state index contributed by atoms with van der Waals surface area (Å²) < 4.78 is 0. The maximum absolute atomic E-state index is 5.98. The van der Waals surface area contributed by atoms with Crippen LogP contribution in [0.1, 0.15) is 23.7 Å². The zero-order chi connectivity index (χ0) is 8.84. The number of aryl methyl sites for hydroxylation is 1. The summed E-state index contributed by atoms with van der Waals surface area (Å²) in [5, 5.41) is 1.35. The minimum absolute atomic E-state index is 0.224. The summed E-state index contributed by atoms with van der Waals surface area (Å²) in [4.78, 5) is 3.40. The van der Waals surface area contributed by atoms with E-state index in [0.29, 0.717) is 0 Å². The Kier molecular flexibility index (Phi) is 1.30. The highest BCUT2D eigenvalue weighted by Crippen LogP contribution is 2.34. The number of nitrogens with one attached hydrogen (secondary N) is 1. The van der Waals surface area contributed by atoms with Crippen LogP contribution in [-0.4, -0.2) is 4.98 Å². The number of hydrogen-bond acceptors (Lipinski definition) is 1. The maximum atomic E-state index is 5.98. The van der Waals surface area contributed by atoms with E-state index in [2.05, 4.69) is 29.2 Å². The van der Waals surface area contributed by atoms with Gasteiger partial charge in [0.15, 0.2) is 0 Å². The van der Waals surface area contributed by atoms with Crippen LogP contribution in [0.2, 0.25) is 0 Å². The molecular weight excluding hydrogens is 160 g/mol. The van der Waals surface area contributed by atoms with Crippen LogP contribution >= 0.6 is 0 Å². The van der Waals surface area contributed by atoms with Crippen molar-refractivity contribution < 1.29 is 0 Å². The third-order valence-electron chi connectivity index (χ3n) is 2.92. The van der Waals surface area contributed by atoms with Crippen molar-refractivity contribution in [2.45, 2.75) is 18.9 Å². The van der Waals surface area contributed by atoms with Gasteiger partial charge in [0.2, 0.25) is 0 Å². The molecule has 0 saturated carbocycles. The third-order valence-corrected chi connectivity index (χ3v) is 2.92. The second-order valence-corrected chi connectivity index (χ2v) is 3.71. The van der Waals surface area contributed by atoms with E-state index < -0.39 is 0 Å². The van der Waals surface area contributed by atoms with Crippen molar-refractivity contribution in [3.63, 3.8) is 0 Å². The quantitative estimate of drug-likeness (QED) is 0.628. The van der Waals surface area contributed by atoms with E-state index in [1.807, 2.05) is 0 Å². The number of H-pyrrole nitrogens is 1. The molecule has 1 atom stereocenters. The van der Waals surface area contributed by atoms with Crippen LogP contribution in [-0.2, 0) is 6.42 Å². The molecule has 0 unspecified atom stereocenters. The van der Waals surface area contributed by atoms with Crippen molar-refractivity contribution in [1.82, 2.24) is 4.98 Å². The molecule has 1 aromatic carbocycles. The first-order valence-electron chi connectivity index (χ1n) is 4.71. The Balaban J connectivity index is 2.38. The largest absolute Gasteiger partial charge is 0.357 e. The van der Waals surface area contributed by atoms with Crippen molar-refractivity contribution >= 4 is 10.9 Å². The van der Waals surface area contributed by atoms with Gasteiger partial charge in [-0.1, -0.05) is 18.2 Å². The highest BCUT2D eigenvalue weighted by molar-refractivity contribution is 5.85. The first-order valence-corrected chi connectivity index (χ1v) is 4.71. The lowest BCUT2D eigenvalue weighted by Gasteiger charge is -1.98. The van der Waals surface area contributed by atoms with Crippen LogP contribution in [0, 0.1) is 0 Å². The second-order valence-electron chi connectivity index (χ2n) is 3.71.